The van der Waals surface area contributed by atoms with Crippen LogP contribution in [0.15, 0.2) is 24.3 Å². The van der Waals surface area contributed by atoms with Gasteiger partial charge >= 0.3 is 15.0 Å². The lowest BCUT2D eigenvalue weighted by molar-refractivity contribution is -0.296. The highest BCUT2D eigenvalue weighted by Gasteiger charge is 2.54. The van der Waals surface area contributed by atoms with Gasteiger partial charge in [-0.1, -0.05) is 18.2 Å². The molecule has 0 fully saturated rings. The van der Waals surface area contributed by atoms with Crippen molar-refractivity contribution in [2.75, 3.05) is 33.7 Å². The molecule has 0 bridgehead atoms. The van der Waals surface area contributed by atoms with E-state index >= 15 is 0 Å². The van der Waals surface area contributed by atoms with Crippen LogP contribution in [0.25, 0.3) is 0 Å². The Kier molecular flexibility index (Phi) is 8.71. The molecule has 1 atom stereocenters. The Bertz CT molecular complexity index is 538. The number of alkyl halides is 3. The molecule has 0 saturated carbocycles. The molecule has 1 aromatic carbocycles. The van der Waals surface area contributed by atoms with Crippen LogP contribution >= 0.6 is 0 Å². The van der Waals surface area contributed by atoms with Gasteiger partial charge in [-0.2, -0.15) is 13.2 Å². The fourth-order valence-corrected chi connectivity index (χ4v) is 4.98. The molecular formula is C17H27F3O5Si. The summed E-state index contributed by atoms with van der Waals surface area (Å²) in [6.45, 7) is 6.76. The van der Waals surface area contributed by atoms with Gasteiger partial charge in [-0.15, -0.1) is 0 Å². The topological polar surface area (TPSA) is 46.2 Å². The van der Waals surface area contributed by atoms with Crippen molar-refractivity contribution < 1.29 is 35.9 Å². The first-order chi connectivity index (χ1) is 12.2. The van der Waals surface area contributed by atoms with Gasteiger partial charge in [0.2, 0.25) is 0 Å². The SMILES string of the molecule is CCO[Si](OCC)(OCC)c1cccc(C(C)(OCOC)C(F)(F)F)c1. The summed E-state index contributed by atoms with van der Waals surface area (Å²) in [5, 5.41) is 0.456. The molecule has 5 nitrogen and oxygen atoms in total. The zero-order valence-electron chi connectivity index (χ0n) is 15.8. The maximum Gasteiger partial charge on any atom is 0.537 e. The first-order valence-corrected chi connectivity index (χ1v) is 10.2. The summed E-state index contributed by atoms with van der Waals surface area (Å²) in [6.07, 6.45) is -4.64. The van der Waals surface area contributed by atoms with Gasteiger partial charge < -0.3 is 22.8 Å². The molecule has 0 aliphatic heterocycles. The molecule has 1 rings (SSSR count). The highest BCUT2D eigenvalue weighted by atomic mass is 28.4. The first kappa shape index (κ1) is 23.1. The molecule has 1 unspecified atom stereocenters. The van der Waals surface area contributed by atoms with Crippen molar-refractivity contribution in [2.45, 2.75) is 39.5 Å². The molecule has 0 radical (unpaired) electrons. The molecule has 0 aliphatic rings. The fourth-order valence-electron chi connectivity index (χ4n) is 2.46. The van der Waals surface area contributed by atoms with Gasteiger partial charge in [-0.3, -0.25) is 0 Å². The number of halogens is 3. The van der Waals surface area contributed by atoms with Crippen LogP contribution in [0.5, 0.6) is 0 Å². The summed E-state index contributed by atoms with van der Waals surface area (Å²) in [6, 6.07) is 5.92. The Morgan fingerprint density at radius 2 is 1.50 bits per heavy atom. The third kappa shape index (κ3) is 5.05. The van der Waals surface area contributed by atoms with Crippen molar-refractivity contribution in [2.24, 2.45) is 0 Å². The number of hydrogen-bond donors (Lipinski definition) is 0. The van der Waals surface area contributed by atoms with Gasteiger partial charge in [0.05, 0.1) is 0 Å². The Morgan fingerprint density at radius 1 is 0.962 bits per heavy atom. The van der Waals surface area contributed by atoms with Gasteiger partial charge in [0.1, 0.15) is 6.79 Å². The molecule has 0 aromatic heterocycles. The summed E-state index contributed by atoms with van der Waals surface area (Å²) in [4.78, 5) is 0. The standard InChI is InChI=1S/C17H27F3O5Si/c1-6-23-26(24-7-2,25-8-3)15-11-9-10-14(12-15)16(4,17(18,19)20)22-13-21-5/h9-12H,6-8,13H2,1-5H3. The van der Waals surface area contributed by atoms with E-state index in [0.717, 1.165) is 6.92 Å². The monoisotopic (exact) mass is 396 g/mol. The highest BCUT2D eigenvalue weighted by molar-refractivity contribution is 6.75. The molecule has 0 saturated heterocycles. The van der Waals surface area contributed by atoms with Crippen LogP contribution in [0, 0.1) is 0 Å². The molecule has 9 heteroatoms. The lowest BCUT2D eigenvalue weighted by Gasteiger charge is -2.34. The number of rotatable bonds is 11. The summed E-state index contributed by atoms with van der Waals surface area (Å²) in [7, 11) is -2.06. The minimum absolute atomic E-state index is 0.0736. The number of methoxy groups -OCH3 is 1. The molecule has 1 aromatic rings. The molecule has 0 aliphatic carbocycles. The predicted octanol–water partition coefficient (Wildman–Crippen LogP) is 3.34. The van der Waals surface area contributed by atoms with Crippen LogP contribution in [0.4, 0.5) is 13.2 Å². The quantitative estimate of drug-likeness (QED) is 0.424. The molecule has 150 valence electrons. The lowest BCUT2D eigenvalue weighted by atomic mass is 9.95. The van der Waals surface area contributed by atoms with Crippen LogP contribution in [0.1, 0.15) is 33.3 Å². The summed E-state index contributed by atoms with van der Waals surface area (Å²) >= 11 is 0. The maximum atomic E-state index is 13.7. The second-order valence-corrected chi connectivity index (χ2v) is 8.07. The first-order valence-electron chi connectivity index (χ1n) is 8.43. The summed E-state index contributed by atoms with van der Waals surface area (Å²) in [5.41, 5.74) is -2.61. The van der Waals surface area contributed by atoms with Crippen LogP contribution in [-0.2, 0) is 28.4 Å². The fraction of sp³-hybridized carbons (Fsp3) is 0.647. The maximum absolute atomic E-state index is 13.7. The molecule has 0 N–H and O–H groups in total. The zero-order chi connectivity index (χ0) is 19.8. The van der Waals surface area contributed by atoms with Crippen molar-refractivity contribution in [1.82, 2.24) is 0 Å². The van der Waals surface area contributed by atoms with Crippen LogP contribution < -0.4 is 5.19 Å². The van der Waals surface area contributed by atoms with Crippen LogP contribution in [0.2, 0.25) is 0 Å². The largest absolute Gasteiger partial charge is 0.537 e. The van der Waals surface area contributed by atoms with Crippen molar-refractivity contribution in [3.8, 4) is 0 Å². The predicted molar refractivity (Wildman–Crippen MR) is 93.1 cm³/mol. The lowest BCUT2D eigenvalue weighted by Crippen LogP contribution is -2.57. The third-order valence-corrected chi connectivity index (χ3v) is 6.80. The minimum atomic E-state index is -4.64. The van der Waals surface area contributed by atoms with Crippen LogP contribution in [-0.4, -0.2) is 48.7 Å². The highest BCUT2D eigenvalue weighted by Crippen LogP contribution is 2.41. The van der Waals surface area contributed by atoms with Gasteiger partial charge in [-0.05, 0) is 39.3 Å². The number of hydrogen-bond acceptors (Lipinski definition) is 5. The van der Waals surface area contributed by atoms with E-state index in [9.17, 15) is 13.2 Å². The summed E-state index contributed by atoms with van der Waals surface area (Å²) in [5.74, 6) is 0. The van der Waals surface area contributed by atoms with Gasteiger partial charge in [0.25, 0.3) is 0 Å². The minimum Gasteiger partial charge on any atom is -0.370 e. The third-order valence-electron chi connectivity index (χ3n) is 3.78. The van der Waals surface area contributed by atoms with E-state index in [-0.39, 0.29) is 5.56 Å². The smallest absolute Gasteiger partial charge is 0.370 e. The average molecular weight is 396 g/mol. The van der Waals surface area contributed by atoms with E-state index in [2.05, 4.69) is 4.74 Å². The Labute approximate surface area is 153 Å². The van der Waals surface area contributed by atoms with E-state index in [0.29, 0.717) is 25.0 Å². The normalized spacial score (nSPS) is 15.1. The molecular weight excluding hydrogens is 369 g/mol. The van der Waals surface area contributed by atoms with E-state index in [1.807, 2.05) is 0 Å². The van der Waals surface area contributed by atoms with Gasteiger partial charge in [-0.25, -0.2) is 0 Å². The summed E-state index contributed by atoms with van der Waals surface area (Å²) < 4.78 is 68.2. The number of benzene rings is 1. The van der Waals surface area contributed by atoms with Crippen molar-refractivity contribution in [3.05, 3.63) is 29.8 Å². The molecule has 0 amide bonds. The van der Waals surface area contributed by atoms with E-state index in [1.165, 1.54) is 25.3 Å². The van der Waals surface area contributed by atoms with E-state index < -0.39 is 27.4 Å². The zero-order valence-corrected chi connectivity index (χ0v) is 16.8. The molecule has 0 heterocycles. The van der Waals surface area contributed by atoms with Gasteiger partial charge in [0.15, 0.2) is 5.60 Å². The average Bonchev–Trinajstić information content (AvgIpc) is 2.59. The second kappa shape index (κ2) is 9.82. The number of ether oxygens (including phenoxy) is 2. The second-order valence-electron chi connectivity index (χ2n) is 5.52. The van der Waals surface area contributed by atoms with Crippen molar-refractivity contribution in [3.63, 3.8) is 0 Å². The van der Waals surface area contributed by atoms with Gasteiger partial charge in [0, 0.05) is 32.1 Å². The van der Waals surface area contributed by atoms with Crippen molar-refractivity contribution >= 4 is 14.0 Å². The van der Waals surface area contributed by atoms with E-state index in [1.54, 1.807) is 26.8 Å². The van der Waals surface area contributed by atoms with E-state index in [4.69, 9.17) is 18.0 Å². The molecule has 0 spiro atoms. The Morgan fingerprint density at radius 3 is 1.92 bits per heavy atom. The molecule has 26 heavy (non-hydrogen) atoms. The Hall–Kier alpha value is -0.973. The van der Waals surface area contributed by atoms with Crippen LogP contribution in [0.3, 0.4) is 0 Å². The Balaban J connectivity index is 3.44. The van der Waals surface area contributed by atoms with Crippen molar-refractivity contribution in [1.29, 1.82) is 0 Å².